The van der Waals surface area contributed by atoms with Crippen LogP contribution in [0.4, 0.5) is 37.2 Å². The summed E-state index contributed by atoms with van der Waals surface area (Å²) in [6.45, 7) is 3.18. The molecule has 48 heavy (non-hydrogen) atoms. The predicted octanol–water partition coefficient (Wildman–Crippen LogP) is 6.38. The van der Waals surface area contributed by atoms with E-state index in [-0.39, 0.29) is 21.6 Å². The van der Waals surface area contributed by atoms with Gasteiger partial charge >= 0.3 is 24.3 Å². The van der Waals surface area contributed by atoms with Gasteiger partial charge in [0, 0.05) is 30.9 Å². The number of alkyl halides is 6. The monoisotopic (exact) mass is 743 g/mol. The van der Waals surface area contributed by atoms with Crippen LogP contribution in [0.3, 0.4) is 0 Å². The second kappa shape index (κ2) is 16.2. The molecule has 0 saturated heterocycles. The highest BCUT2D eigenvalue weighted by molar-refractivity contribution is 7.92. The predicted molar refractivity (Wildman–Crippen MR) is 158 cm³/mol. The van der Waals surface area contributed by atoms with Crippen LogP contribution in [-0.2, 0) is 24.4 Å². The molecule has 1 aromatic carbocycles. The number of aromatic nitrogens is 3. The van der Waals surface area contributed by atoms with Gasteiger partial charge in [0.1, 0.15) is 5.75 Å². The number of nitrogens with zero attached hydrogens (tertiary/aromatic N) is 3. The van der Waals surface area contributed by atoms with Crippen molar-refractivity contribution in [2.45, 2.75) is 31.1 Å². The first-order valence-electron chi connectivity index (χ1n) is 12.3. The molecule has 0 unspecified atom stereocenters. The summed E-state index contributed by atoms with van der Waals surface area (Å²) in [4.78, 5) is 42.3. The summed E-state index contributed by atoms with van der Waals surface area (Å²) in [5, 5.41) is 17.3. The molecule has 0 atom stereocenters. The third kappa shape index (κ3) is 12.3. The van der Waals surface area contributed by atoms with E-state index in [0.29, 0.717) is 28.0 Å². The largest absolute Gasteiger partial charge is 0.490 e. The van der Waals surface area contributed by atoms with Gasteiger partial charge < -0.3 is 20.3 Å². The molecule has 4 rings (SSSR count). The smallest absolute Gasteiger partial charge is 0.475 e. The number of pyridine rings is 2. The molecule has 3 heterocycles. The number of aryl methyl sites for hydroxylation is 1. The maximum atomic E-state index is 13.0. The number of amides is 1. The van der Waals surface area contributed by atoms with E-state index in [0.717, 1.165) is 4.88 Å². The normalized spacial score (nSPS) is 11.2. The Labute approximate surface area is 275 Å². The first-order valence-corrected chi connectivity index (χ1v) is 15.0. The second-order valence-corrected chi connectivity index (χ2v) is 11.7. The summed E-state index contributed by atoms with van der Waals surface area (Å²) >= 11 is 7.42. The van der Waals surface area contributed by atoms with Crippen molar-refractivity contribution >= 4 is 61.6 Å². The number of thiazole rings is 1. The van der Waals surface area contributed by atoms with Crippen molar-refractivity contribution in [3.05, 3.63) is 71.8 Å². The third-order valence-electron chi connectivity index (χ3n) is 4.90. The van der Waals surface area contributed by atoms with Gasteiger partial charge in [-0.05, 0) is 43.3 Å². The molecule has 0 fully saturated rings. The van der Waals surface area contributed by atoms with Crippen molar-refractivity contribution < 1.29 is 64.1 Å². The number of carboxylic acids is 2. The van der Waals surface area contributed by atoms with Crippen LogP contribution >= 0.6 is 22.9 Å². The highest BCUT2D eigenvalue weighted by Gasteiger charge is 2.38. The average Bonchev–Trinajstić information content (AvgIpc) is 3.33. The molecule has 3 aromatic heterocycles. The van der Waals surface area contributed by atoms with Gasteiger partial charge in [-0.3, -0.25) is 9.52 Å². The number of hydrogen-bond acceptors (Lipinski definition) is 10. The summed E-state index contributed by atoms with van der Waals surface area (Å²) in [5.41, 5.74) is 1.38. The number of benzene rings is 1. The van der Waals surface area contributed by atoms with Gasteiger partial charge in [-0.25, -0.2) is 33.0 Å². The van der Waals surface area contributed by atoms with Gasteiger partial charge in [0.2, 0.25) is 11.8 Å². The first-order chi connectivity index (χ1) is 22.1. The van der Waals surface area contributed by atoms with Crippen LogP contribution in [0, 0.1) is 6.92 Å². The molecule has 0 radical (unpaired) electrons. The van der Waals surface area contributed by atoms with E-state index < -0.39 is 34.3 Å². The van der Waals surface area contributed by atoms with Crippen molar-refractivity contribution in [2.24, 2.45) is 0 Å². The number of halogens is 7. The summed E-state index contributed by atoms with van der Waals surface area (Å²) in [7, 11) is -3.96. The fourth-order valence-electron chi connectivity index (χ4n) is 2.93. The second-order valence-electron chi connectivity index (χ2n) is 8.63. The van der Waals surface area contributed by atoms with E-state index in [4.69, 9.17) is 36.1 Å². The van der Waals surface area contributed by atoms with Crippen LogP contribution in [0.5, 0.6) is 11.6 Å². The summed E-state index contributed by atoms with van der Waals surface area (Å²) in [6, 6.07) is 12.7. The minimum absolute atomic E-state index is 0.00770. The van der Waals surface area contributed by atoms with Crippen LogP contribution in [0.2, 0.25) is 5.15 Å². The van der Waals surface area contributed by atoms with Gasteiger partial charge in [-0.2, -0.15) is 26.3 Å². The molecule has 1 amide bonds. The van der Waals surface area contributed by atoms with Gasteiger partial charge in [0.25, 0.3) is 10.0 Å². The average molecular weight is 744 g/mol. The Morgan fingerprint density at radius 1 is 0.938 bits per heavy atom. The van der Waals surface area contributed by atoms with Crippen molar-refractivity contribution in [3.8, 4) is 22.1 Å². The molecule has 0 spiro atoms. The lowest BCUT2D eigenvalue weighted by molar-refractivity contribution is -0.193. The van der Waals surface area contributed by atoms with E-state index in [2.05, 4.69) is 25.0 Å². The van der Waals surface area contributed by atoms with Crippen LogP contribution in [0.25, 0.3) is 10.4 Å². The number of rotatable bonds is 7. The maximum absolute atomic E-state index is 13.0. The standard InChI is InChI=1S/C22H18ClN5O4S2.2C2HF3O2/c1-13-20(33-22(26-13)27-14(2)29)15-11-18(21(23)25-12-15)28-34(30,31)17-8-6-16(7-9-17)32-19-5-3-4-10-24-19;2*3-2(4,5)1(6)7/h3-12,28H,1-2H3,(H,26,27,29);2*(H,6,7). The SMILES string of the molecule is CC(=O)Nc1nc(C)c(-c2cnc(Cl)c(NS(=O)(=O)c3ccc(Oc4ccccn4)cc3)c2)s1.O=C(O)C(F)(F)F.O=C(O)C(F)(F)F. The molecule has 0 aliphatic rings. The maximum Gasteiger partial charge on any atom is 0.490 e. The number of sulfonamides is 1. The van der Waals surface area contributed by atoms with Gasteiger partial charge in [0.15, 0.2) is 10.3 Å². The van der Waals surface area contributed by atoms with Crippen LogP contribution in [-0.4, -0.2) is 63.8 Å². The molecule has 4 N–H and O–H groups in total. The molecule has 13 nitrogen and oxygen atoms in total. The number of carbonyl (C=O) groups excluding carboxylic acids is 1. The molecule has 258 valence electrons. The molecular weight excluding hydrogens is 724 g/mol. The number of hydrogen-bond donors (Lipinski definition) is 4. The topological polar surface area (TPSA) is 198 Å². The number of carboxylic acid groups (broad SMARTS) is 2. The van der Waals surface area contributed by atoms with Crippen LogP contribution < -0.4 is 14.8 Å². The summed E-state index contributed by atoms with van der Waals surface area (Å²) in [6.07, 6.45) is -7.06. The van der Waals surface area contributed by atoms with E-state index >= 15 is 0 Å². The molecule has 0 aliphatic carbocycles. The van der Waals surface area contributed by atoms with Crippen LogP contribution in [0.1, 0.15) is 12.6 Å². The molecule has 4 aromatic rings. The Morgan fingerprint density at radius 2 is 1.50 bits per heavy atom. The number of carbonyl (C=O) groups is 3. The van der Waals surface area contributed by atoms with E-state index in [9.17, 15) is 39.6 Å². The first kappa shape index (κ1) is 39.2. The van der Waals surface area contributed by atoms with Gasteiger partial charge in [-0.1, -0.05) is 29.0 Å². The molecule has 0 saturated carbocycles. The number of anilines is 2. The Morgan fingerprint density at radius 3 is 1.98 bits per heavy atom. The van der Waals surface area contributed by atoms with Gasteiger partial charge in [0.05, 0.1) is 21.2 Å². The van der Waals surface area contributed by atoms with Crippen molar-refractivity contribution in [2.75, 3.05) is 10.0 Å². The summed E-state index contributed by atoms with van der Waals surface area (Å²) < 4.78 is 97.5. The van der Waals surface area contributed by atoms with Gasteiger partial charge in [-0.15, -0.1) is 0 Å². The Kier molecular flexibility index (Phi) is 13.2. The lowest BCUT2D eigenvalue weighted by atomic mass is 10.2. The quantitative estimate of drug-likeness (QED) is 0.121. The van der Waals surface area contributed by atoms with Crippen molar-refractivity contribution in [3.63, 3.8) is 0 Å². The number of ether oxygens (including phenoxy) is 1. The summed E-state index contributed by atoms with van der Waals surface area (Å²) in [5.74, 6) is -4.92. The van der Waals surface area contributed by atoms with E-state index in [1.807, 2.05) is 0 Å². The number of nitrogens with one attached hydrogen (secondary N) is 2. The Balaban J connectivity index is 0.000000479. The molecule has 22 heteroatoms. The Bertz CT molecular complexity index is 1830. The Hall–Kier alpha value is -5.02. The minimum Gasteiger partial charge on any atom is -0.475 e. The zero-order chi connectivity index (χ0) is 36.4. The number of aliphatic carboxylic acids is 2. The van der Waals surface area contributed by atoms with E-state index in [1.165, 1.54) is 48.7 Å². The van der Waals surface area contributed by atoms with E-state index in [1.54, 1.807) is 37.4 Å². The zero-order valence-electron chi connectivity index (χ0n) is 23.9. The highest BCUT2D eigenvalue weighted by Crippen LogP contribution is 2.35. The van der Waals surface area contributed by atoms with Crippen LogP contribution in [0.15, 0.2) is 65.8 Å². The van der Waals surface area contributed by atoms with Crippen molar-refractivity contribution in [1.82, 2.24) is 15.0 Å². The highest BCUT2D eigenvalue weighted by atomic mass is 35.5. The molecule has 0 bridgehead atoms. The molecule has 0 aliphatic heterocycles. The fraction of sp³-hybridized carbons (Fsp3) is 0.154. The lowest BCUT2D eigenvalue weighted by Crippen LogP contribution is -2.21. The fourth-order valence-corrected chi connectivity index (χ4v) is 5.19. The molecular formula is C26H20ClF6N5O8S2. The third-order valence-corrected chi connectivity index (χ3v) is 7.71. The lowest BCUT2D eigenvalue weighted by Gasteiger charge is -2.11. The zero-order valence-corrected chi connectivity index (χ0v) is 26.3. The van der Waals surface area contributed by atoms with Crippen molar-refractivity contribution in [1.29, 1.82) is 0 Å². The minimum atomic E-state index is -5.08.